The first kappa shape index (κ1) is 18.1. The highest BCUT2D eigenvalue weighted by atomic mass is 16.6. The van der Waals surface area contributed by atoms with Crippen molar-refractivity contribution < 1.29 is 14.5 Å². The highest BCUT2D eigenvalue weighted by molar-refractivity contribution is 6.08. The number of carbonyl (C=O) groups excluding carboxylic acids is 2. The van der Waals surface area contributed by atoms with Gasteiger partial charge in [-0.3, -0.25) is 24.4 Å². The molecule has 0 atom stereocenters. The van der Waals surface area contributed by atoms with E-state index in [1.165, 1.54) is 27.8 Å². The van der Waals surface area contributed by atoms with E-state index in [0.717, 1.165) is 0 Å². The smallest absolute Gasteiger partial charge is 0.276 e. The molecular weight excluding hydrogens is 326 g/mol. The predicted octanol–water partition coefficient (Wildman–Crippen LogP) is 1.90. The Morgan fingerprint density at radius 1 is 1.28 bits per heavy atom. The Morgan fingerprint density at radius 2 is 1.92 bits per heavy atom. The molecule has 0 spiro atoms. The second-order valence-electron chi connectivity index (χ2n) is 5.84. The number of hydrogen-bond donors (Lipinski definition) is 1. The van der Waals surface area contributed by atoms with Crippen molar-refractivity contribution in [3.8, 4) is 0 Å². The van der Waals surface area contributed by atoms with E-state index in [-0.39, 0.29) is 22.9 Å². The summed E-state index contributed by atoms with van der Waals surface area (Å²) in [5.74, 6) is -0.805. The molecule has 25 heavy (non-hydrogen) atoms. The standard InChI is InChI=1S/C16H19N5O4/c1-9-8-11(6-7-12(9)21(24)25)15(22)17-13-10(2)20(5)18-14(13)16(23)19(3)4/h6-8H,1-5H3,(H,17,22). The van der Waals surface area contributed by atoms with Crippen LogP contribution in [0.1, 0.15) is 32.1 Å². The Bertz CT molecular complexity index is 870. The Balaban J connectivity index is 2.37. The van der Waals surface area contributed by atoms with Gasteiger partial charge in [-0.05, 0) is 26.0 Å². The number of aryl methyl sites for hydroxylation is 2. The van der Waals surface area contributed by atoms with Gasteiger partial charge in [-0.25, -0.2) is 0 Å². The lowest BCUT2D eigenvalue weighted by Crippen LogP contribution is -2.24. The molecular formula is C16H19N5O4. The van der Waals surface area contributed by atoms with Gasteiger partial charge in [0.2, 0.25) is 0 Å². The van der Waals surface area contributed by atoms with Gasteiger partial charge in [0.05, 0.1) is 16.3 Å². The van der Waals surface area contributed by atoms with Crippen LogP contribution in [0.2, 0.25) is 0 Å². The maximum Gasteiger partial charge on any atom is 0.276 e. The Kier molecular flexibility index (Phi) is 4.87. The zero-order chi connectivity index (χ0) is 18.9. The number of aromatic nitrogens is 2. The average Bonchev–Trinajstić information content (AvgIpc) is 2.81. The number of benzene rings is 1. The lowest BCUT2D eigenvalue weighted by molar-refractivity contribution is -0.385. The molecule has 0 saturated carbocycles. The molecule has 1 aromatic carbocycles. The van der Waals surface area contributed by atoms with Crippen molar-refractivity contribution in [1.29, 1.82) is 0 Å². The average molecular weight is 345 g/mol. The van der Waals surface area contributed by atoms with Gasteiger partial charge in [-0.15, -0.1) is 0 Å². The summed E-state index contributed by atoms with van der Waals surface area (Å²) in [6, 6.07) is 4.10. The summed E-state index contributed by atoms with van der Waals surface area (Å²) < 4.78 is 1.51. The van der Waals surface area contributed by atoms with Crippen molar-refractivity contribution in [2.45, 2.75) is 13.8 Å². The van der Waals surface area contributed by atoms with Crippen LogP contribution in [-0.2, 0) is 7.05 Å². The molecule has 1 heterocycles. The van der Waals surface area contributed by atoms with Crippen LogP contribution in [0.15, 0.2) is 18.2 Å². The molecule has 0 fully saturated rings. The number of anilines is 1. The van der Waals surface area contributed by atoms with E-state index < -0.39 is 10.8 Å². The minimum Gasteiger partial charge on any atom is -0.343 e. The van der Waals surface area contributed by atoms with Crippen LogP contribution in [0.4, 0.5) is 11.4 Å². The highest BCUT2D eigenvalue weighted by Crippen LogP contribution is 2.23. The van der Waals surface area contributed by atoms with Crippen molar-refractivity contribution in [3.63, 3.8) is 0 Å². The largest absolute Gasteiger partial charge is 0.343 e. The molecule has 0 aliphatic heterocycles. The van der Waals surface area contributed by atoms with Gasteiger partial charge in [0.1, 0.15) is 0 Å². The molecule has 1 N–H and O–H groups in total. The molecule has 132 valence electrons. The second kappa shape index (κ2) is 6.71. The van der Waals surface area contributed by atoms with E-state index in [2.05, 4.69) is 10.4 Å². The normalized spacial score (nSPS) is 10.4. The molecule has 0 aliphatic carbocycles. The van der Waals surface area contributed by atoms with Crippen LogP contribution in [-0.4, -0.2) is 45.5 Å². The van der Waals surface area contributed by atoms with Gasteiger partial charge in [0, 0.05) is 38.3 Å². The molecule has 1 aromatic heterocycles. The van der Waals surface area contributed by atoms with E-state index >= 15 is 0 Å². The summed E-state index contributed by atoms with van der Waals surface area (Å²) in [6.07, 6.45) is 0. The zero-order valence-corrected chi connectivity index (χ0v) is 14.7. The van der Waals surface area contributed by atoms with Gasteiger partial charge in [-0.1, -0.05) is 0 Å². The van der Waals surface area contributed by atoms with Gasteiger partial charge in [0.15, 0.2) is 5.69 Å². The Hall–Kier alpha value is -3.23. The van der Waals surface area contributed by atoms with Crippen LogP contribution in [0.25, 0.3) is 0 Å². The molecule has 0 bridgehead atoms. The topological polar surface area (TPSA) is 110 Å². The lowest BCUT2D eigenvalue weighted by Gasteiger charge is -2.11. The fourth-order valence-electron chi connectivity index (χ4n) is 2.31. The Labute approximate surface area is 144 Å². The van der Waals surface area contributed by atoms with E-state index in [4.69, 9.17) is 0 Å². The molecule has 9 nitrogen and oxygen atoms in total. The quantitative estimate of drug-likeness (QED) is 0.672. The number of hydrogen-bond acceptors (Lipinski definition) is 5. The predicted molar refractivity (Wildman–Crippen MR) is 91.7 cm³/mol. The monoisotopic (exact) mass is 345 g/mol. The summed E-state index contributed by atoms with van der Waals surface area (Å²) in [7, 11) is 4.86. The first-order chi connectivity index (χ1) is 11.6. The third kappa shape index (κ3) is 3.49. The SMILES string of the molecule is Cc1cc(C(=O)Nc2c(C(=O)N(C)C)nn(C)c2C)ccc1[N+](=O)[O-]. The number of amides is 2. The summed E-state index contributed by atoms with van der Waals surface area (Å²) in [4.78, 5) is 36.5. The summed E-state index contributed by atoms with van der Waals surface area (Å²) in [6.45, 7) is 3.29. The van der Waals surface area contributed by atoms with Crippen molar-refractivity contribution >= 4 is 23.2 Å². The maximum absolute atomic E-state index is 12.5. The number of carbonyl (C=O) groups is 2. The van der Waals surface area contributed by atoms with E-state index in [0.29, 0.717) is 16.9 Å². The Morgan fingerprint density at radius 3 is 2.44 bits per heavy atom. The van der Waals surface area contributed by atoms with Gasteiger partial charge in [0.25, 0.3) is 17.5 Å². The van der Waals surface area contributed by atoms with Crippen LogP contribution in [0.5, 0.6) is 0 Å². The van der Waals surface area contributed by atoms with Crippen LogP contribution in [0, 0.1) is 24.0 Å². The number of nitrogens with one attached hydrogen (secondary N) is 1. The molecule has 9 heteroatoms. The number of nitro groups is 1. The number of nitro benzene ring substituents is 1. The fraction of sp³-hybridized carbons (Fsp3) is 0.312. The summed E-state index contributed by atoms with van der Waals surface area (Å²) >= 11 is 0. The van der Waals surface area contributed by atoms with Crippen molar-refractivity contribution in [3.05, 3.63) is 50.8 Å². The maximum atomic E-state index is 12.5. The fourth-order valence-corrected chi connectivity index (χ4v) is 2.31. The number of rotatable bonds is 4. The molecule has 2 amide bonds. The molecule has 2 rings (SSSR count). The summed E-state index contributed by atoms with van der Waals surface area (Å²) in [5.41, 5.74) is 1.66. The second-order valence-corrected chi connectivity index (χ2v) is 5.84. The molecule has 0 radical (unpaired) electrons. The van der Waals surface area contributed by atoms with Crippen molar-refractivity contribution in [2.75, 3.05) is 19.4 Å². The van der Waals surface area contributed by atoms with Crippen LogP contribution in [0.3, 0.4) is 0 Å². The third-order valence-electron chi connectivity index (χ3n) is 3.84. The first-order valence-corrected chi connectivity index (χ1v) is 7.45. The van der Waals surface area contributed by atoms with E-state index in [1.807, 2.05) is 0 Å². The van der Waals surface area contributed by atoms with Crippen molar-refractivity contribution in [2.24, 2.45) is 7.05 Å². The molecule has 2 aromatic rings. The molecule has 0 saturated heterocycles. The summed E-state index contributed by atoms with van der Waals surface area (Å²) in [5, 5.41) is 17.7. The van der Waals surface area contributed by atoms with E-state index in [1.54, 1.807) is 35.0 Å². The van der Waals surface area contributed by atoms with Crippen LogP contribution >= 0.6 is 0 Å². The van der Waals surface area contributed by atoms with Gasteiger partial charge >= 0.3 is 0 Å². The molecule has 0 unspecified atom stereocenters. The van der Waals surface area contributed by atoms with Crippen molar-refractivity contribution in [1.82, 2.24) is 14.7 Å². The zero-order valence-electron chi connectivity index (χ0n) is 14.7. The highest BCUT2D eigenvalue weighted by Gasteiger charge is 2.23. The van der Waals surface area contributed by atoms with E-state index in [9.17, 15) is 19.7 Å². The van der Waals surface area contributed by atoms with Gasteiger partial charge < -0.3 is 10.2 Å². The third-order valence-corrected chi connectivity index (χ3v) is 3.84. The first-order valence-electron chi connectivity index (χ1n) is 7.45. The van der Waals surface area contributed by atoms with Crippen LogP contribution < -0.4 is 5.32 Å². The minimum absolute atomic E-state index is 0.0578. The van der Waals surface area contributed by atoms with Gasteiger partial charge in [-0.2, -0.15) is 5.10 Å². The molecule has 0 aliphatic rings. The minimum atomic E-state index is -0.504. The number of nitrogens with zero attached hydrogens (tertiary/aromatic N) is 4. The lowest BCUT2D eigenvalue weighted by atomic mass is 10.1.